The smallest absolute Gasteiger partial charge is 0.262 e. The molecule has 0 bridgehead atoms. The van der Waals surface area contributed by atoms with Crippen LogP contribution in [0.2, 0.25) is 0 Å². The van der Waals surface area contributed by atoms with E-state index in [2.05, 4.69) is 28.5 Å². The molecule has 170 valence electrons. The average molecular weight is 470 g/mol. The molecule has 1 atom stereocenters. The zero-order chi connectivity index (χ0) is 23.5. The topological polar surface area (TPSA) is 77.1 Å². The maximum Gasteiger partial charge on any atom is 0.262 e. The molecular weight excluding hydrogens is 446 g/mol. The van der Waals surface area contributed by atoms with Crippen molar-refractivity contribution in [2.24, 2.45) is 0 Å². The Morgan fingerprint density at radius 3 is 2.59 bits per heavy atom. The number of furan rings is 1. The Morgan fingerprint density at radius 2 is 1.76 bits per heavy atom. The lowest BCUT2D eigenvalue weighted by Gasteiger charge is -2.17. The minimum Gasteiger partial charge on any atom is -0.467 e. The van der Waals surface area contributed by atoms with Crippen LogP contribution in [0.15, 0.2) is 99.5 Å². The quantitative estimate of drug-likeness (QED) is 0.263. The largest absolute Gasteiger partial charge is 0.467 e. The van der Waals surface area contributed by atoms with Gasteiger partial charge in [-0.2, -0.15) is 0 Å². The zero-order valence-electron chi connectivity index (χ0n) is 18.6. The van der Waals surface area contributed by atoms with E-state index < -0.39 is 0 Å². The maximum absolute atomic E-state index is 13.2. The minimum atomic E-state index is -0.158. The summed E-state index contributed by atoms with van der Waals surface area (Å²) in [7, 11) is 0. The van der Waals surface area contributed by atoms with Gasteiger partial charge in [-0.15, -0.1) is 0 Å². The lowest BCUT2D eigenvalue weighted by atomic mass is 10.00. The molecule has 0 aliphatic heterocycles. The predicted octanol–water partition coefficient (Wildman–Crippen LogP) is 5.16. The van der Waals surface area contributed by atoms with Crippen molar-refractivity contribution >= 4 is 39.3 Å². The van der Waals surface area contributed by atoms with Crippen molar-refractivity contribution < 1.29 is 9.21 Å². The molecule has 0 aliphatic rings. The van der Waals surface area contributed by atoms with Crippen molar-refractivity contribution in [2.45, 2.75) is 24.7 Å². The molecule has 2 heterocycles. The summed E-state index contributed by atoms with van der Waals surface area (Å²) in [6, 6.07) is 24.9. The highest BCUT2D eigenvalue weighted by atomic mass is 32.2. The molecule has 0 aliphatic carbocycles. The molecule has 7 heteroatoms. The summed E-state index contributed by atoms with van der Waals surface area (Å²) >= 11 is 1.24. The monoisotopic (exact) mass is 469 g/mol. The minimum absolute atomic E-state index is 0.127. The van der Waals surface area contributed by atoms with Crippen molar-refractivity contribution in [3.63, 3.8) is 0 Å². The lowest BCUT2D eigenvalue weighted by Crippen LogP contribution is -2.29. The van der Waals surface area contributed by atoms with E-state index in [4.69, 9.17) is 4.42 Å². The van der Waals surface area contributed by atoms with E-state index >= 15 is 0 Å². The number of amides is 1. The third-order valence-electron chi connectivity index (χ3n) is 5.72. The van der Waals surface area contributed by atoms with Crippen molar-refractivity contribution in [1.82, 2.24) is 14.9 Å². The lowest BCUT2D eigenvalue weighted by molar-refractivity contribution is -0.119. The van der Waals surface area contributed by atoms with Crippen LogP contribution in [0.1, 0.15) is 24.3 Å². The highest BCUT2D eigenvalue weighted by molar-refractivity contribution is 7.99. The van der Waals surface area contributed by atoms with Crippen molar-refractivity contribution in [3.8, 4) is 0 Å². The summed E-state index contributed by atoms with van der Waals surface area (Å²) < 4.78 is 7.01. The molecule has 6 nitrogen and oxygen atoms in total. The van der Waals surface area contributed by atoms with Crippen LogP contribution in [0.4, 0.5) is 0 Å². The Kier molecular flexibility index (Phi) is 6.18. The van der Waals surface area contributed by atoms with Crippen LogP contribution in [-0.2, 0) is 11.3 Å². The van der Waals surface area contributed by atoms with Crippen LogP contribution in [0.3, 0.4) is 0 Å². The van der Waals surface area contributed by atoms with Gasteiger partial charge in [-0.3, -0.25) is 14.2 Å². The fraction of sp³-hybridized carbons (Fsp3) is 0.148. The van der Waals surface area contributed by atoms with E-state index in [0.29, 0.717) is 21.8 Å². The van der Waals surface area contributed by atoms with Crippen LogP contribution >= 0.6 is 11.8 Å². The number of rotatable bonds is 7. The number of para-hydroxylation sites is 1. The van der Waals surface area contributed by atoms with Crippen molar-refractivity contribution in [2.75, 3.05) is 5.75 Å². The molecule has 3 aromatic carbocycles. The molecule has 0 saturated heterocycles. The summed E-state index contributed by atoms with van der Waals surface area (Å²) in [5.74, 6) is 0.658. The van der Waals surface area contributed by atoms with Gasteiger partial charge in [-0.1, -0.05) is 66.4 Å². The fourth-order valence-electron chi connectivity index (χ4n) is 4.07. The number of fused-ring (bicyclic) bond motifs is 2. The number of carbonyl (C=O) groups excluding carboxylic acids is 1. The molecule has 5 aromatic rings. The van der Waals surface area contributed by atoms with E-state index in [1.165, 1.54) is 11.8 Å². The Labute approximate surface area is 200 Å². The Bertz CT molecular complexity index is 1520. The van der Waals surface area contributed by atoms with Gasteiger partial charge >= 0.3 is 0 Å². The van der Waals surface area contributed by atoms with Crippen molar-refractivity contribution in [3.05, 3.63) is 107 Å². The number of aromatic nitrogens is 2. The van der Waals surface area contributed by atoms with Gasteiger partial charge < -0.3 is 9.73 Å². The first-order chi connectivity index (χ1) is 16.6. The molecular formula is C27H23N3O3S. The van der Waals surface area contributed by atoms with Gasteiger partial charge in [0.25, 0.3) is 5.56 Å². The molecule has 1 N–H and O–H groups in total. The molecule has 0 spiro atoms. The first-order valence-corrected chi connectivity index (χ1v) is 12.0. The number of carbonyl (C=O) groups is 1. The van der Waals surface area contributed by atoms with Gasteiger partial charge in [0.05, 0.1) is 35.5 Å². The van der Waals surface area contributed by atoms with E-state index in [-0.39, 0.29) is 29.8 Å². The summed E-state index contributed by atoms with van der Waals surface area (Å²) in [6.07, 6.45) is 1.57. The summed E-state index contributed by atoms with van der Waals surface area (Å²) in [4.78, 5) is 30.7. The number of benzene rings is 3. The standard InChI is InChI=1S/C27H23N3O3S/c1-18(21-13-6-9-19-8-2-3-11-22(19)21)28-25(31)17-34-27-29-24-14-5-4-12-23(24)26(32)30(27)16-20-10-7-15-33-20/h2-15,18H,16-17H2,1H3,(H,28,31). The van der Waals surface area contributed by atoms with Crippen LogP contribution in [0.25, 0.3) is 21.7 Å². The third-order valence-corrected chi connectivity index (χ3v) is 6.70. The summed E-state index contributed by atoms with van der Waals surface area (Å²) in [5.41, 5.74) is 1.51. The van der Waals surface area contributed by atoms with Gasteiger partial charge in [0.2, 0.25) is 5.91 Å². The van der Waals surface area contributed by atoms with E-state index in [1.807, 2.05) is 49.4 Å². The van der Waals surface area contributed by atoms with E-state index in [1.54, 1.807) is 29.0 Å². The number of hydrogen-bond donors (Lipinski definition) is 1. The predicted molar refractivity (Wildman–Crippen MR) is 135 cm³/mol. The van der Waals surface area contributed by atoms with Crippen LogP contribution in [-0.4, -0.2) is 21.2 Å². The second-order valence-electron chi connectivity index (χ2n) is 8.03. The SMILES string of the molecule is CC(NC(=O)CSc1nc2ccccc2c(=O)n1Cc1ccco1)c1cccc2ccccc12. The first kappa shape index (κ1) is 22.0. The summed E-state index contributed by atoms with van der Waals surface area (Å²) in [5, 5.41) is 6.35. The highest BCUT2D eigenvalue weighted by Gasteiger charge is 2.16. The first-order valence-electron chi connectivity index (χ1n) is 11.0. The molecule has 1 amide bonds. The fourth-order valence-corrected chi connectivity index (χ4v) is 4.88. The van der Waals surface area contributed by atoms with Crippen LogP contribution < -0.4 is 10.9 Å². The number of thioether (sulfide) groups is 1. The molecule has 5 rings (SSSR count). The zero-order valence-corrected chi connectivity index (χ0v) is 19.4. The van der Waals surface area contributed by atoms with Crippen LogP contribution in [0, 0.1) is 0 Å². The van der Waals surface area contributed by atoms with Gasteiger partial charge in [0, 0.05) is 0 Å². The van der Waals surface area contributed by atoms with Gasteiger partial charge in [0.1, 0.15) is 5.76 Å². The number of nitrogens with zero attached hydrogens (tertiary/aromatic N) is 2. The molecule has 0 fully saturated rings. The second kappa shape index (κ2) is 9.57. The highest BCUT2D eigenvalue weighted by Crippen LogP contribution is 2.25. The van der Waals surface area contributed by atoms with Gasteiger partial charge in [0.15, 0.2) is 5.16 Å². The van der Waals surface area contributed by atoms with E-state index in [0.717, 1.165) is 16.3 Å². The number of nitrogens with one attached hydrogen (secondary N) is 1. The Hall–Kier alpha value is -3.84. The second-order valence-corrected chi connectivity index (χ2v) is 8.97. The van der Waals surface area contributed by atoms with E-state index in [9.17, 15) is 9.59 Å². The molecule has 0 saturated carbocycles. The maximum atomic E-state index is 13.2. The molecule has 34 heavy (non-hydrogen) atoms. The van der Waals surface area contributed by atoms with Gasteiger partial charge in [-0.05, 0) is 47.5 Å². The Morgan fingerprint density at radius 1 is 1.00 bits per heavy atom. The van der Waals surface area contributed by atoms with Crippen LogP contribution in [0.5, 0.6) is 0 Å². The Balaban J connectivity index is 1.37. The summed E-state index contributed by atoms with van der Waals surface area (Å²) in [6.45, 7) is 2.23. The molecule has 2 aromatic heterocycles. The normalized spacial score (nSPS) is 12.1. The molecule has 1 unspecified atom stereocenters. The average Bonchev–Trinajstić information content (AvgIpc) is 3.37. The van der Waals surface area contributed by atoms with Gasteiger partial charge in [-0.25, -0.2) is 4.98 Å². The third kappa shape index (κ3) is 4.47. The number of hydrogen-bond acceptors (Lipinski definition) is 5. The van der Waals surface area contributed by atoms with Crippen molar-refractivity contribution in [1.29, 1.82) is 0 Å². The molecule has 0 radical (unpaired) electrons.